The van der Waals surface area contributed by atoms with Crippen molar-refractivity contribution in [3.63, 3.8) is 0 Å². The van der Waals surface area contributed by atoms with Crippen molar-refractivity contribution in [2.75, 3.05) is 13.1 Å². The highest BCUT2D eigenvalue weighted by molar-refractivity contribution is 9.10. The molecular weight excluding hydrogens is 420 g/mol. The van der Waals surface area contributed by atoms with Gasteiger partial charge in [-0.3, -0.25) is 4.90 Å². The molecule has 1 atom stereocenters. The quantitative estimate of drug-likeness (QED) is 0.672. The standard InChI is InChI=1S/C22H27BrN2O3/c1-22(2,3)28-21(26)24-18-11-12-25(15-18)14-16-9-10-17(23)13-20(16)27-19-7-5-4-6-8-19/h4-10,13,18H,11-12,14-15H2,1-3H3,(H,24,26). The zero-order valence-electron chi connectivity index (χ0n) is 16.6. The number of carbonyl (C=O) groups is 1. The number of amides is 1. The number of hydrogen-bond donors (Lipinski definition) is 1. The van der Waals surface area contributed by atoms with Crippen LogP contribution in [0.25, 0.3) is 0 Å². The van der Waals surface area contributed by atoms with E-state index in [4.69, 9.17) is 9.47 Å². The average Bonchev–Trinajstić information content (AvgIpc) is 3.03. The molecular formula is C22H27BrN2O3. The van der Waals surface area contributed by atoms with E-state index in [1.807, 2.05) is 63.2 Å². The molecule has 0 spiro atoms. The molecule has 1 amide bonds. The van der Waals surface area contributed by atoms with Crippen LogP contribution in [0.4, 0.5) is 4.79 Å². The fraction of sp³-hybridized carbons (Fsp3) is 0.409. The first-order valence-corrected chi connectivity index (χ1v) is 10.3. The van der Waals surface area contributed by atoms with E-state index in [2.05, 4.69) is 32.2 Å². The second-order valence-electron chi connectivity index (χ2n) is 8.03. The van der Waals surface area contributed by atoms with Crippen LogP contribution in [0, 0.1) is 0 Å². The van der Waals surface area contributed by atoms with Gasteiger partial charge in [-0.25, -0.2) is 4.79 Å². The minimum absolute atomic E-state index is 0.101. The molecule has 1 saturated heterocycles. The van der Waals surface area contributed by atoms with Crippen molar-refractivity contribution < 1.29 is 14.3 Å². The van der Waals surface area contributed by atoms with Crippen LogP contribution < -0.4 is 10.1 Å². The first-order chi connectivity index (χ1) is 13.3. The van der Waals surface area contributed by atoms with E-state index in [1.165, 1.54) is 0 Å². The van der Waals surface area contributed by atoms with Crippen LogP contribution in [0.2, 0.25) is 0 Å². The molecule has 3 rings (SSSR count). The summed E-state index contributed by atoms with van der Waals surface area (Å²) in [5.41, 5.74) is 0.633. The zero-order chi connectivity index (χ0) is 20.1. The van der Waals surface area contributed by atoms with E-state index in [-0.39, 0.29) is 12.1 Å². The predicted octanol–water partition coefficient (Wildman–Crippen LogP) is 5.34. The largest absolute Gasteiger partial charge is 0.457 e. The molecule has 1 heterocycles. The van der Waals surface area contributed by atoms with Crippen LogP contribution in [0.3, 0.4) is 0 Å². The molecule has 2 aromatic carbocycles. The average molecular weight is 447 g/mol. The molecule has 1 aliphatic rings. The molecule has 150 valence electrons. The van der Waals surface area contributed by atoms with Gasteiger partial charge in [0.1, 0.15) is 17.1 Å². The Morgan fingerprint density at radius 1 is 1.21 bits per heavy atom. The second-order valence-corrected chi connectivity index (χ2v) is 8.95. The molecule has 0 bridgehead atoms. The molecule has 28 heavy (non-hydrogen) atoms. The number of carbonyl (C=O) groups excluding carboxylic acids is 1. The normalized spacial score (nSPS) is 17.4. The molecule has 5 nitrogen and oxygen atoms in total. The Labute approximate surface area is 175 Å². The van der Waals surface area contributed by atoms with Gasteiger partial charge in [0.25, 0.3) is 0 Å². The summed E-state index contributed by atoms with van der Waals surface area (Å²) in [7, 11) is 0. The van der Waals surface area contributed by atoms with Gasteiger partial charge in [0, 0.05) is 35.7 Å². The van der Waals surface area contributed by atoms with Gasteiger partial charge in [-0.2, -0.15) is 0 Å². The summed E-state index contributed by atoms with van der Waals surface area (Å²) in [6.07, 6.45) is 0.557. The number of rotatable bonds is 5. The Morgan fingerprint density at radius 3 is 2.68 bits per heavy atom. The van der Waals surface area contributed by atoms with Crippen LogP contribution in [0.15, 0.2) is 53.0 Å². The SMILES string of the molecule is CC(C)(C)OC(=O)NC1CCN(Cc2ccc(Br)cc2Oc2ccccc2)C1. The molecule has 0 saturated carbocycles. The van der Waals surface area contributed by atoms with Crippen LogP contribution >= 0.6 is 15.9 Å². The Balaban J connectivity index is 1.61. The molecule has 1 aliphatic heterocycles. The lowest BCUT2D eigenvalue weighted by Crippen LogP contribution is -2.40. The number of ether oxygens (including phenoxy) is 2. The number of hydrogen-bond acceptors (Lipinski definition) is 4. The summed E-state index contributed by atoms with van der Waals surface area (Å²) >= 11 is 3.53. The van der Waals surface area contributed by atoms with Gasteiger partial charge >= 0.3 is 6.09 Å². The molecule has 1 fully saturated rings. The number of benzene rings is 2. The van der Waals surface area contributed by atoms with E-state index in [0.29, 0.717) is 0 Å². The molecule has 1 N–H and O–H groups in total. The summed E-state index contributed by atoms with van der Waals surface area (Å²) < 4.78 is 12.4. The summed E-state index contributed by atoms with van der Waals surface area (Å²) in [4.78, 5) is 14.3. The van der Waals surface area contributed by atoms with Crippen molar-refractivity contribution in [2.45, 2.75) is 45.4 Å². The smallest absolute Gasteiger partial charge is 0.407 e. The van der Waals surface area contributed by atoms with E-state index >= 15 is 0 Å². The fourth-order valence-corrected chi connectivity index (χ4v) is 3.52. The highest BCUT2D eigenvalue weighted by Gasteiger charge is 2.26. The van der Waals surface area contributed by atoms with Crippen LogP contribution in [0.5, 0.6) is 11.5 Å². The second kappa shape index (κ2) is 8.97. The molecule has 2 aromatic rings. The minimum atomic E-state index is -0.483. The van der Waals surface area contributed by atoms with Crippen LogP contribution in [-0.4, -0.2) is 35.7 Å². The summed E-state index contributed by atoms with van der Waals surface area (Å²) in [5, 5.41) is 2.97. The Kier molecular flexibility index (Phi) is 6.62. The molecule has 0 aromatic heterocycles. The van der Waals surface area contributed by atoms with Gasteiger partial charge in [-0.15, -0.1) is 0 Å². The molecule has 1 unspecified atom stereocenters. The number of alkyl carbamates (subject to hydrolysis) is 1. The van der Waals surface area contributed by atoms with E-state index in [9.17, 15) is 4.79 Å². The third-order valence-corrected chi connectivity index (χ3v) is 4.88. The maximum atomic E-state index is 12.0. The number of halogens is 1. The Hall–Kier alpha value is -2.05. The lowest BCUT2D eigenvalue weighted by atomic mass is 10.2. The Morgan fingerprint density at radius 2 is 1.96 bits per heavy atom. The van der Waals surface area contributed by atoms with Gasteiger partial charge in [-0.1, -0.05) is 40.2 Å². The third kappa shape index (κ3) is 6.24. The van der Waals surface area contributed by atoms with E-state index in [0.717, 1.165) is 47.6 Å². The summed E-state index contributed by atoms with van der Waals surface area (Å²) in [6, 6.07) is 16.0. The van der Waals surface area contributed by atoms with E-state index in [1.54, 1.807) is 0 Å². The monoisotopic (exact) mass is 446 g/mol. The van der Waals surface area contributed by atoms with E-state index < -0.39 is 5.60 Å². The topological polar surface area (TPSA) is 50.8 Å². The molecule has 0 aliphatic carbocycles. The van der Waals surface area contributed by atoms with Crippen LogP contribution in [0.1, 0.15) is 32.8 Å². The number of nitrogens with zero attached hydrogens (tertiary/aromatic N) is 1. The Bertz CT molecular complexity index is 805. The van der Waals surface area contributed by atoms with Crippen molar-refractivity contribution in [3.05, 3.63) is 58.6 Å². The zero-order valence-corrected chi connectivity index (χ0v) is 18.2. The lowest BCUT2D eigenvalue weighted by molar-refractivity contribution is 0.0505. The lowest BCUT2D eigenvalue weighted by Gasteiger charge is -2.22. The summed E-state index contributed by atoms with van der Waals surface area (Å²) in [6.45, 7) is 8.09. The maximum absolute atomic E-state index is 12.0. The van der Waals surface area contributed by atoms with Crippen molar-refractivity contribution in [1.82, 2.24) is 10.2 Å². The van der Waals surface area contributed by atoms with Crippen molar-refractivity contribution >= 4 is 22.0 Å². The van der Waals surface area contributed by atoms with Crippen molar-refractivity contribution in [2.24, 2.45) is 0 Å². The highest BCUT2D eigenvalue weighted by Crippen LogP contribution is 2.30. The number of likely N-dealkylation sites (tertiary alicyclic amines) is 1. The number of para-hydroxylation sites is 1. The van der Waals surface area contributed by atoms with Crippen LogP contribution in [-0.2, 0) is 11.3 Å². The number of nitrogens with one attached hydrogen (secondary N) is 1. The van der Waals surface area contributed by atoms with Gasteiger partial charge in [0.2, 0.25) is 0 Å². The third-order valence-electron chi connectivity index (χ3n) is 4.39. The predicted molar refractivity (Wildman–Crippen MR) is 114 cm³/mol. The van der Waals surface area contributed by atoms with Gasteiger partial charge in [-0.05, 0) is 51.5 Å². The first-order valence-electron chi connectivity index (χ1n) is 9.52. The minimum Gasteiger partial charge on any atom is -0.457 e. The summed E-state index contributed by atoms with van der Waals surface area (Å²) in [5.74, 6) is 1.65. The van der Waals surface area contributed by atoms with Gasteiger partial charge < -0.3 is 14.8 Å². The van der Waals surface area contributed by atoms with Crippen molar-refractivity contribution in [3.8, 4) is 11.5 Å². The molecule has 0 radical (unpaired) electrons. The maximum Gasteiger partial charge on any atom is 0.407 e. The fourth-order valence-electron chi connectivity index (χ4n) is 3.18. The first kappa shape index (κ1) is 20.7. The van der Waals surface area contributed by atoms with Gasteiger partial charge in [0.15, 0.2) is 0 Å². The highest BCUT2D eigenvalue weighted by atomic mass is 79.9. The van der Waals surface area contributed by atoms with Crippen molar-refractivity contribution in [1.29, 1.82) is 0 Å². The molecule has 6 heteroatoms. The van der Waals surface area contributed by atoms with Gasteiger partial charge in [0.05, 0.1) is 0 Å².